The standard InChI is InChI=1S/C30H42N4O6/c1-29(2,3)39-27(37)23-9-7-15-33(23)17-21-25(35)13-11-19(31-21)20-12-14-26(36)22(32-20)18-34-16-8-10-24(34)28(38)40-30(4,5)6/h11-14,23-24,35-36H,7-10,15-18H2,1-6H3/t23-,24-/m0/s1. The van der Waals surface area contributed by atoms with Crippen molar-refractivity contribution < 1.29 is 29.3 Å². The monoisotopic (exact) mass is 554 g/mol. The molecule has 0 bridgehead atoms. The topological polar surface area (TPSA) is 125 Å². The number of likely N-dealkylation sites (tertiary alicyclic amines) is 2. The molecule has 40 heavy (non-hydrogen) atoms. The second-order valence-electron chi connectivity index (χ2n) is 12.6. The number of esters is 2. The molecule has 10 heteroatoms. The minimum Gasteiger partial charge on any atom is -0.506 e. The van der Waals surface area contributed by atoms with Gasteiger partial charge in [0.05, 0.1) is 22.8 Å². The van der Waals surface area contributed by atoms with Gasteiger partial charge < -0.3 is 19.7 Å². The Morgan fingerprint density at radius 3 is 1.48 bits per heavy atom. The van der Waals surface area contributed by atoms with Crippen LogP contribution in [0.5, 0.6) is 11.5 Å². The van der Waals surface area contributed by atoms with Crippen molar-refractivity contribution in [2.24, 2.45) is 0 Å². The van der Waals surface area contributed by atoms with E-state index in [-0.39, 0.29) is 35.5 Å². The van der Waals surface area contributed by atoms with E-state index in [2.05, 4.69) is 9.97 Å². The van der Waals surface area contributed by atoms with Crippen LogP contribution in [-0.4, -0.2) is 78.3 Å². The Morgan fingerprint density at radius 1 is 0.750 bits per heavy atom. The Hall–Kier alpha value is -3.24. The summed E-state index contributed by atoms with van der Waals surface area (Å²) in [6.45, 7) is 13.1. The quantitative estimate of drug-likeness (QED) is 0.482. The number of pyridine rings is 2. The lowest BCUT2D eigenvalue weighted by Crippen LogP contribution is -2.40. The maximum absolute atomic E-state index is 12.8. The molecule has 4 rings (SSSR count). The highest BCUT2D eigenvalue weighted by atomic mass is 16.6. The number of nitrogens with zero attached hydrogens (tertiary/aromatic N) is 4. The van der Waals surface area contributed by atoms with Gasteiger partial charge in [-0.25, -0.2) is 9.97 Å². The van der Waals surface area contributed by atoms with Crippen molar-refractivity contribution in [2.75, 3.05) is 13.1 Å². The number of hydrogen-bond acceptors (Lipinski definition) is 10. The number of hydrogen-bond donors (Lipinski definition) is 2. The third-order valence-electron chi connectivity index (χ3n) is 6.95. The van der Waals surface area contributed by atoms with Crippen LogP contribution in [0.3, 0.4) is 0 Å². The second-order valence-corrected chi connectivity index (χ2v) is 12.6. The van der Waals surface area contributed by atoms with Gasteiger partial charge >= 0.3 is 11.9 Å². The van der Waals surface area contributed by atoms with Crippen molar-refractivity contribution in [3.63, 3.8) is 0 Å². The first-order chi connectivity index (χ1) is 18.7. The van der Waals surface area contributed by atoms with Gasteiger partial charge in [-0.05, 0) is 105 Å². The zero-order chi connectivity index (χ0) is 29.2. The highest BCUT2D eigenvalue weighted by Gasteiger charge is 2.36. The number of carbonyl (C=O) groups excluding carboxylic acids is 2. The van der Waals surface area contributed by atoms with Crippen LogP contribution in [0.4, 0.5) is 0 Å². The first kappa shape index (κ1) is 29.7. The lowest BCUT2D eigenvalue weighted by Gasteiger charge is -2.27. The fraction of sp³-hybridized carbons (Fsp3) is 0.600. The molecule has 0 spiro atoms. The average Bonchev–Trinajstić information content (AvgIpc) is 3.49. The Balaban J connectivity index is 1.51. The van der Waals surface area contributed by atoms with E-state index in [9.17, 15) is 19.8 Å². The van der Waals surface area contributed by atoms with E-state index in [4.69, 9.17) is 9.47 Å². The first-order valence-corrected chi connectivity index (χ1v) is 14.0. The van der Waals surface area contributed by atoms with Crippen molar-refractivity contribution >= 4 is 11.9 Å². The van der Waals surface area contributed by atoms with Crippen molar-refractivity contribution in [1.29, 1.82) is 0 Å². The van der Waals surface area contributed by atoms with Crippen LogP contribution in [0.15, 0.2) is 24.3 Å². The van der Waals surface area contributed by atoms with Crippen LogP contribution in [0.1, 0.15) is 78.6 Å². The Morgan fingerprint density at radius 2 is 1.12 bits per heavy atom. The molecular weight excluding hydrogens is 512 g/mol. The van der Waals surface area contributed by atoms with Gasteiger partial charge in [-0.3, -0.25) is 19.4 Å². The van der Waals surface area contributed by atoms with Crippen LogP contribution in [0.2, 0.25) is 0 Å². The van der Waals surface area contributed by atoms with Crippen molar-refractivity contribution in [3.8, 4) is 22.9 Å². The average molecular weight is 555 g/mol. The molecule has 0 saturated carbocycles. The molecule has 2 saturated heterocycles. The summed E-state index contributed by atoms with van der Waals surface area (Å²) in [4.78, 5) is 38.9. The van der Waals surface area contributed by atoms with Gasteiger partial charge in [0.1, 0.15) is 34.8 Å². The van der Waals surface area contributed by atoms with E-state index >= 15 is 0 Å². The Bertz CT molecular complexity index is 1140. The molecular formula is C30H42N4O6. The van der Waals surface area contributed by atoms with Crippen molar-refractivity contribution in [1.82, 2.24) is 19.8 Å². The lowest BCUT2D eigenvalue weighted by molar-refractivity contribution is -0.161. The van der Waals surface area contributed by atoms with Crippen LogP contribution >= 0.6 is 0 Å². The summed E-state index contributed by atoms with van der Waals surface area (Å²) >= 11 is 0. The third kappa shape index (κ3) is 7.48. The molecule has 2 N–H and O–H groups in total. The summed E-state index contributed by atoms with van der Waals surface area (Å²) in [5, 5.41) is 21.2. The van der Waals surface area contributed by atoms with E-state index < -0.39 is 11.2 Å². The maximum Gasteiger partial charge on any atom is 0.323 e. The molecule has 2 aliphatic rings. The number of ether oxygens (including phenoxy) is 2. The molecule has 0 unspecified atom stereocenters. The van der Waals surface area contributed by atoms with E-state index in [0.29, 0.717) is 61.8 Å². The minimum absolute atomic E-state index is 0.0369. The van der Waals surface area contributed by atoms with Gasteiger partial charge in [0, 0.05) is 13.1 Å². The zero-order valence-electron chi connectivity index (χ0n) is 24.4. The summed E-state index contributed by atoms with van der Waals surface area (Å²) in [5.41, 5.74) is 0.799. The molecule has 2 aromatic heterocycles. The van der Waals surface area contributed by atoms with Crippen LogP contribution in [0.25, 0.3) is 11.4 Å². The summed E-state index contributed by atoms with van der Waals surface area (Å²) in [6, 6.07) is 5.72. The van der Waals surface area contributed by atoms with Crippen molar-refractivity contribution in [3.05, 3.63) is 35.7 Å². The van der Waals surface area contributed by atoms with Crippen molar-refractivity contribution in [2.45, 2.75) is 104 Å². The van der Waals surface area contributed by atoms with Gasteiger partial charge in [0.2, 0.25) is 0 Å². The minimum atomic E-state index is -0.574. The van der Waals surface area contributed by atoms with E-state index in [1.165, 1.54) is 0 Å². The summed E-state index contributed by atoms with van der Waals surface area (Å²) in [7, 11) is 0. The van der Waals surface area contributed by atoms with Gasteiger partial charge in [0.25, 0.3) is 0 Å². The van der Waals surface area contributed by atoms with Crippen LogP contribution in [-0.2, 0) is 32.2 Å². The smallest absolute Gasteiger partial charge is 0.323 e. The number of aromatic nitrogens is 2. The normalized spacial score (nSPS) is 20.6. The SMILES string of the molecule is CC(C)(C)OC(=O)[C@@H]1CCCN1Cc1nc(-c2ccc(O)c(CN3CCC[C@H]3C(=O)OC(C)(C)C)n2)ccc1O. The second kappa shape index (κ2) is 11.7. The number of rotatable bonds is 7. The molecule has 2 aromatic rings. The predicted octanol–water partition coefficient (Wildman–Crippen LogP) is 4.17. The highest BCUT2D eigenvalue weighted by molar-refractivity contribution is 5.77. The van der Waals surface area contributed by atoms with Gasteiger partial charge in [-0.2, -0.15) is 0 Å². The van der Waals surface area contributed by atoms with Crippen LogP contribution in [0, 0.1) is 0 Å². The fourth-order valence-electron chi connectivity index (χ4n) is 5.19. The molecule has 0 amide bonds. The maximum atomic E-state index is 12.8. The molecule has 2 aliphatic heterocycles. The summed E-state index contributed by atoms with van der Waals surface area (Å²) in [5.74, 6) is -0.459. The summed E-state index contributed by atoms with van der Waals surface area (Å²) < 4.78 is 11.2. The third-order valence-corrected chi connectivity index (χ3v) is 6.95. The molecule has 0 aromatic carbocycles. The van der Waals surface area contributed by atoms with Gasteiger partial charge in [-0.1, -0.05) is 0 Å². The number of aromatic hydroxyl groups is 2. The molecule has 0 radical (unpaired) electrons. The highest BCUT2D eigenvalue weighted by Crippen LogP contribution is 2.30. The fourth-order valence-corrected chi connectivity index (χ4v) is 5.19. The summed E-state index contributed by atoms with van der Waals surface area (Å²) in [6.07, 6.45) is 3.10. The molecule has 4 heterocycles. The Labute approximate surface area is 236 Å². The molecule has 10 nitrogen and oxygen atoms in total. The van der Waals surface area contributed by atoms with E-state index in [1.54, 1.807) is 24.3 Å². The predicted molar refractivity (Wildman–Crippen MR) is 149 cm³/mol. The van der Waals surface area contributed by atoms with Gasteiger partial charge in [0.15, 0.2) is 0 Å². The lowest BCUT2D eigenvalue weighted by atomic mass is 10.1. The molecule has 0 aliphatic carbocycles. The zero-order valence-corrected chi connectivity index (χ0v) is 24.4. The largest absolute Gasteiger partial charge is 0.506 e. The number of carbonyl (C=O) groups is 2. The van der Waals surface area contributed by atoms with E-state index in [0.717, 1.165) is 12.8 Å². The van der Waals surface area contributed by atoms with Crippen LogP contribution < -0.4 is 0 Å². The van der Waals surface area contributed by atoms with Gasteiger partial charge in [-0.15, -0.1) is 0 Å². The first-order valence-electron chi connectivity index (χ1n) is 14.0. The molecule has 2 atom stereocenters. The van der Waals surface area contributed by atoms with E-state index in [1.807, 2.05) is 51.3 Å². The molecule has 2 fully saturated rings. The molecule has 218 valence electrons. The Kier molecular flexibility index (Phi) is 8.70.